The van der Waals surface area contributed by atoms with Gasteiger partial charge in [0.25, 0.3) is 5.69 Å². The van der Waals surface area contributed by atoms with Crippen LogP contribution in [0.25, 0.3) is 11.1 Å². The van der Waals surface area contributed by atoms with E-state index in [0.29, 0.717) is 17.6 Å². The van der Waals surface area contributed by atoms with Crippen LogP contribution in [0.1, 0.15) is 13.3 Å². The maximum Gasteiger partial charge on any atom is 0.419 e. The van der Waals surface area contributed by atoms with Gasteiger partial charge in [-0.1, -0.05) is 29.3 Å². The van der Waals surface area contributed by atoms with Gasteiger partial charge in [-0.05, 0) is 12.0 Å². The normalized spacial score (nSPS) is 12.7. The van der Waals surface area contributed by atoms with Crippen molar-refractivity contribution in [2.75, 3.05) is 5.33 Å². The Kier molecular flexibility index (Phi) is 4.04. The summed E-state index contributed by atoms with van der Waals surface area (Å²) in [6.07, 6.45) is 0.902. The lowest BCUT2D eigenvalue weighted by Crippen LogP contribution is -2.20. The van der Waals surface area contributed by atoms with Crippen molar-refractivity contribution in [1.82, 2.24) is 4.57 Å². The van der Waals surface area contributed by atoms with Crippen molar-refractivity contribution in [3.63, 3.8) is 0 Å². The lowest BCUT2D eigenvalue weighted by Gasteiger charge is -2.11. The molecule has 1 aromatic carbocycles. The molecule has 0 fully saturated rings. The number of hydrogen-bond acceptors (Lipinski definition) is 4. The van der Waals surface area contributed by atoms with E-state index in [1.165, 1.54) is 22.8 Å². The first-order chi connectivity index (χ1) is 9.06. The van der Waals surface area contributed by atoms with Crippen LogP contribution in [0.2, 0.25) is 0 Å². The number of aromatic nitrogens is 1. The summed E-state index contributed by atoms with van der Waals surface area (Å²) >= 11 is 3.39. The first kappa shape index (κ1) is 13.8. The number of benzene rings is 1. The Morgan fingerprint density at radius 1 is 1.53 bits per heavy atom. The van der Waals surface area contributed by atoms with Crippen LogP contribution in [0.3, 0.4) is 0 Å². The predicted molar refractivity (Wildman–Crippen MR) is 74.7 cm³/mol. The van der Waals surface area contributed by atoms with E-state index in [9.17, 15) is 14.9 Å². The van der Waals surface area contributed by atoms with E-state index in [1.54, 1.807) is 0 Å². The van der Waals surface area contributed by atoms with Crippen LogP contribution < -0.4 is 5.76 Å². The molecule has 102 valence electrons. The van der Waals surface area contributed by atoms with Gasteiger partial charge in [-0.2, -0.15) is 0 Å². The number of fused-ring (bicyclic) bond motifs is 1. The van der Waals surface area contributed by atoms with Crippen molar-refractivity contribution in [3.8, 4) is 0 Å². The highest BCUT2D eigenvalue weighted by atomic mass is 79.9. The van der Waals surface area contributed by atoms with Gasteiger partial charge in [-0.25, -0.2) is 4.79 Å². The Hall–Kier alpha value is -1.63. The molecule has 2 aromatic rings. The molecule has 2 rings (SSSR count). The van der Waals surface area contributed by atoms with Gasteiger partial charge in [0.15, 0.2) is 5.58 Å². The summed E-state index contributed by atoms with van der Waals surface area (Å²) in [5.41, 5.74) is 0.799. The lowest BCUT2D eigenvalue weighted by atomic mass is 10.1. The van der Waals surface area contributed by atoms with Crippen LogP contribution in [0.4, 0.5) is 5.69 Å². The summed E-state index contributed by atoms with van der Waals surface area (Å²) in [6.45, 7) is 2.51. The molecule has 0 saturated carbocycles. The van der Waals surface area contributed by atoms with Gasteiger partial charge in [-0.3, -0.25) is 14.7 Å². The van der Waals surface area contributed by atoms with Crippen molar-refractivity contribution in [2.24, 2.45) is 5.92 Å². The SMILES string of the molecule is CCC(CBr)Cn1c(=O)oc2ccc([N+](=O)[O-])cc21. The number of alkyl halides is 1. The zero-order valence-corrected chi connectivity index (χ0v) is 11.9. The molecule has 1 heterocycles. The second-order valence-electron chi connectivity index (χ2n) is 4.32. The third-order valence-electron chi connectivity index (χ3n) is 3.10. The Morgan fingerprint density at radius 2 is 2.26 bits per heavy atom. The first-order valence-electron chi connectivity index (χ1n) is 5.90. The minimum absolute atomic E-state index is 0.0473. The van der Waals surface area contributed by atoms with Gasteiger partial charge in [0.2, 0.25) is 0 Å². The fraction of sp³-hybridized carbons (Fsp3) is 0.417. The van der Waals surface area contributed by atoms with Crippen molar-refractivity contribution in [3.05, 3.63) is 38.9 Å². The summed E-state index contributed by atoms with van der Waals surface area (Å²) in [4.78, 5) is 22.1. The van der Waals surface area contributed by atoms with Gasteiger partial charge in [0, 0.05) is 24.0 Å². The maximum atomic E-state index is 11.8. The van der Waals surface area contributed by atoms with Crippen LogP contribution in [0.15, 0.2) is 27.4 Å². The highest BCUT2D eigenvalue weighted by Crippen LogP contribution is 2.21. The largest absolute Gasteiger partial charge is 0.419 e. The molecule has 19 heavy (non-hydrogen) atoms. The van der Waals surface area contributed by atoms with Crippen LogP contribution in [0, 0.1) is 16.0 Å². The molecule has 1 atom stereocenters. The quantitative estimate of drug-likeness (QED) is 0.480. The third-order valence-corrected chi connectivity index (χ3v) is 4.01. The summed E-state index contributed by atoms with van der Waals surface area (Å²) in [7, 11) is 0. The molecule has 0 aliphatic carbocycles. The van der Waals surface area contributed by atoms with Gasteiger partial charge >= 0.3 is 5.76 Å². The number of nitro benzene ring substituents is 1. The monoisotopic (exact) mass is 328 g/mol. The van der Waals surface area contributed by atoms with Gasteiger partial charge < -0.3 is 4.42 Å². The van der Waals surface area contributed by atoms with E-state index < -0.39 is 10.7 Å². The second kappa shape index (κ2) is 5.56. The van der Waals surface area contributed by atoms with Gasteiger partial charge in [0.05, 0.1) is 10.4 Å². The Bertz CT molecular complexity index is 657. The molecule has 6 nitrogen and oxygen atoms in total. The van der Waals surface area contributed by atoms with E-state index in [2.05, 4.69) is 15.9 Å². The molecule has 0 spiro atoms. The summed E-state index contributed by atoms with van der Waals surface area (Å²) in [6, 6.07) is 4.17. The number of oxazole rings is 1. The van der Waals surface area contributed by atoms with Gasteiger partial charge in [-0.15, -0.1) is 0 Å². The maximum absolute atomic E-state index is 11.8. The highest BCUT2D eigenvalue weighted by molar-refractivity contribution is 9.09. The van der Waals surface area contributed by atoms with Crippen LogP contribution in [0.5, 0.6) is 0 Å². The van der Waals surface area contributed by atoms with E-state index >= 15 is 0 Å². The van der Waals surface area contributed by atoms with Crippen LogP contribution in [-0.2, 0) is 6.54 Å². The summed E-state index contributed by atoms with van der Waals surface area (Å²) < 4.78 is 6.55. The smallest absolute Gasteiger partial charge is 0.408 e. The standard InChI is InChI=1S/C12H13BrN2O4/c1-2-8(6-13)7-14-10-5-9(15(17)18)3-4-11(10)19-12(14)16/h3-5,8H,2,6-7H2,1H3. The molecular formula is C12H13BrN2O4. The van der Waals surface area contributed by atoms with Crippen molar-refractivity contribution in [2.45, 2.75) is 19.9 Å². The molecule has 7 heteroatoms. The van der Waals surface area contributed by atoms with Crippen LogP contribution >= 0.6 is 15.9 Å². The molecule has 1 aromatic heterocycles. The predicted octanol–water partition coefficient (Wildman–Crippen LogP) is 2.92. The average molecular weight is 329 g/mol. The summed E-state index contributed by atoms with van der Waals surface area (Å²) in [5, 5.41) is 11.5. The number of hydrogen-bond donors (Lipinski definition) is 0. The van der Waals surface area contributed by atoms with Crippen molar-refractivity contribution < 1.29 is 9.34 Å². The zero-order chi connectivity index (χ0) is 14.0. The van der Waals surface area contributed by atoms with Crippen LogP contribution in [-0.4, -0.2) is 14.8 Å². The third kappa shape index (κ3) is 2.70. The molecule has 0 N–H and O–H groups in total. The van der Waals surface area contributed by atoms with Gasteiger partial charge in [0.1, 0.15) is 0 Å². The molecule has 0 radical (unpaired) electrons. The topological polar surface area (TPSA) is 78.3 Å². The van der Waals surface area contributed by atoms with E-state index in [1.807, 2.05) is 6.92 Å². The molecule has 0 aliphatic heterocycles. The second-order valence-corrected chi connectivity index (χ2v) is 4.96. The number of rotatable bonds is 5. The zero-order valence-electron chi connectivity index (χ0n) is 10.3. The molecule has 0 aliphatic rings. The average Bonchev–Trinajstić information content (AvgIpc) is 2.70. The summed E-state index contributed by atoms with van der Waals surface area (Å²) in [5.74, 6) is -0.201. The number of non-ortho nitro benzene ring substituents is 1. The van der Waals surface area contributed by atoms with E-state index in [0.717, 1.165) is 11.8 Å². The molecule has 0 amide bonds. The molecule has 0 bridgehead atoms. The number of halogens is 1. The highest BCUT2D eigenvalue weighted by Gasteiger charge is 2.16. The van der Waals surface area contributed by atoms with E-state index in [4.69, 9.17) is 4.42 Å². The lowest BCUT2D eigenvalue weighted by molar-refractivity contribution is -0.384. The van der Waals surface area contributed by atoms with Crippen molar-refractivity contribution in [1.29, 1.82) is 0 Å². The number of nitrogens with zero attached hydrogens (tertiary/aromatic N) is 2. The Morgan fingerprint density at radius 3 is 2.84 bits per heavy atom. The van der Waals surface area contributed by atoms with E-state index in [-0.39, 0.29) is 11.6 Å². The number of nitro groups is 1. The minimum Gasteiger partial charge on any atom is -0.408 e. The molecular weight excluding hydrogens is 316 g/mol. The first-order valence-corrected chi connectivity index (χ1v) is 7.02. The fourth-order valence-corrected chi connectivity index (χ4v) is 2.54. The Balaban J connectivity index is 2.52. The Labute approximate surface area is 117 Å². The fourth-order valence-electron chi connectivity index (χ4n) is 1.88. The molecule has 1 unspecified atom stereocenters. The minimum atomic E-state index is -0.483. The van der Waals surface area contributed by atoms with Crippen molar-refractivity contribution >= 4 is 32.7 Å². The molecule has 0 saturated heterocycles.